The number of rotatable bonds is 5. The first-order valence-corrected chi connectivity index (χ1v) is 9.96. The Balaban J connectivity index is 1.88. The molecule has 0 spiro atoms. The number of aryl methyl sites for hydroxylation is 2. The number of hydrogen-bond donors (Lipinski definition) is 0. The maximum atomic E-state index is 13.4. The lowest BCUT2D eigenvalue weighted by Crippen LogP contribution is -2.32. The van der Waals surface area contributed by atoms with Crippen LogP contribution in [0.2, 0.25) is 0 Å². The molecule has 150 valence electrons. The Morgan fingerprint density at radius 2 is 1.69 bits per heavy atom. The van der Waals surface area contributed by atoms with E-state index < -0.39 is 6.04 Å². The summed E-state index contributed by atoms with van der Waals surface area (Å²) in [5.41, 5.74) is 3.88. The summed E-state index contributed by atoms with van der Waals surface area (Å²) in [5, 5.41) is 0.531. The van der Waals surface area contributed by atoms with Crippen LogP contribution in [-0.4, -0.2) is 42.9 Å². The van der Waals surface area contributed by atoms with Gasteiger partial charge in [-0.1, -0.05) is 41.5 Å². The third kappa shape index (κ3) is 3.47. The van der Waals surface area contributed by atoms with Crippen molar-refractivity contribution in [2.24, 2.45) is 0 Å². The lowest BCUT2D eigenvalue weighted by molar-refractivity contribution is 0.0722. The van der Waals surface area contributed by atoms with Crippen molar-refractivity contribution >= 4 is 16.9 Å². The standard InChI is InChI=1S/C24H26N2O3/c1-15-6-9-17(10-7-15)21-20-22(27)18-14-16(2)8-11-19(18)29-23(20)24(28)26(21)13-5-12-25(3)4/h6-11,14,21H,5,12-13H2,1-4H3/t21-/m1/s1. The van der Waals surface area contributed by atoms with Crippen molar-refractivity contribution in [3.63, 3.8) is 0 Å². The van der Waals surface area contributed by atoms with E-state index in [1.54, 1.807) is 11.0 Å². The Kier molecular flexibility index (Phi) is 5.01. The van der Waals surface area contributed by atoms with Gasteiger partial charge in [-0.15, -0.1) is 0 Å². The normalized spacial score (nSPS) is 16.1. The fraction of sp³-hybridized carbons (Fsp3) is 0.333. The van der Waals surface area contributed by atoms with E-state index in [9.17, 15) is 9.59 Å². The van der Waals surface area contributed by atoms with Crippen LogP contribution < -0.4 is 5.43 Å². The number of amides is 1. The van der Waals surface area contributed by atoms with Crippen LogP contribution in [0.15, 0.2) is 51.7 Å². The van der Waals surface area contributed by atoms with Crippen LogP contribution in [0.1, 0.15) is 45.3 Å². The molecule has 1 atom stereocenters. The van der Waals surface area contributed by atoms with Gasteiger partial charge in [-0.3, -0.25) is 9.59 Å². The second-order valence-corrected chi connectivity index (χ2v) is 8.14. The SMILES string of the molecule is Cc1ccc([C@@H]2c3c(oc4ccc(C)cc4c3=O)C(=O)N2CCCN(C)C)cc1. The van der Waals surface area contributed by atoms with E-state index in [2.05, 4.69) is 4.90 Å². The van der Waals surface area contributed by atoms with E-state index in [0.717, 1.165) is 29.7 Å². The molecule has 0 bridgehead atoms. The van der Waals surface area contributed by atoms with Crippen molar-refractivity contribution < 1.29 is 9.21 Å². The average Bonchev–Trinajstić information content (AvgIpc) is 2.95. The number of fused-ring (bicyclic) bond motifs is 2. The fourth-order valence-electron chi connectivity index (χ4n) is 4.02. The van der Waals surface area contributed by atoms with Crippen LogP contribution in [0.4, 0.5) is 0 Å². The van der Waals surface area contributed by atoms with Gasteiger partial charge >= 0.3 is 0 Å². The molecule has 2 heterocycles. The van der Waals surface area contributed by atoms with Crippen LogP contribution >= 0.6 is 0 Å². The Bertz CT molecular complexity index is 1130. The highest BCUT2D eigenvalue weighted by Gasteiger charge is 2.42. The molecule has 0 saturated heterocycles. The van der Waals surface area contributed by atoms with Crippen LogP contribution in [0.5, 0.6) is 0 Å². The van der Waals surface area contributed by atoms with Gasteiger partial charge in [0, 0.05) is 6.54 Å². The molecule has 5 nitrogen and oxygen atoms in total. The average molecular weight is 390 g/mol. The molecule has 3 aromatic rings. The molecule has 1 aliphatic rings. The first kappa shape index (κ1) is 19.4. The van der Waals surface area contributed by atoms with Gasteiger partial charge in [0.25, 0.3) is 5.91 Å². The molecule has 1 aromatic heterocycles. The van der Waals surface area contributed by atoms with E-state index in [1.165, 1.54) is 0 Å². The molecular formula is C24H26N2O3. The zero-order valence-corrected chi connectivity index (χ0v) is 17.4. The maximum Gasteiger partial charge on any atom is 0.290 e. The third-order valence-electron chi connectivity index (χ3n) is 5.52. The highest BCUT2D eigenvalue weighted by molar-refractivity contribution is 5.99. The maximum absolute atomic E-state index is 13.4. The minimum atomic E-state index is -0.415. The topological polar surface area (TPSA) is 53.8 Å². The van der Waals surface area contributed by atoms with E-state index in [-0.39, 0.29) is 17.1 Å². The molecule has 0 N–H and O–H groups in total. The number of nitrogens with zero attached hydrogens (tertiary/aromatic N) is 2. The monoisotopic (exact) mass is 390 g/mol. The van der Waals surface area contributed by atoms with Gasteiger partial charge in [0.2, 0.25) is 5.76 Å². The van der Waals surface area contributed by atoms with Crippen molar-refractivity contribution in [3.05, 3.63) is 80.7 Å². The van der Waals surface area contributed by atoms with Crippen molar-refractivity contribution in [2.45, 2.75) is 26.3 Å². The Morgan fingerprint density at radius 3 is 2.38 bits per heavy atom. The molecule has 5 heteroatoms. The highest BCUT2D eigenvalue weighted by atomic mass is 16.3. The summed E-state index contributed by atoms with van der Waals surface area (Å²) in [5.74, 6) is -0.0225. The van der Waals surface area contributed by atoms with E-state index in [1.807, 2.05) is 64.3 Å². The molecule has 0 fully saturated rings. The van der Waals surface area contributed by atoms with E-state index >= 15 is 0 Å². The third-order valence-corrected chi connectivity index (χ3v) is 5.52. The Labute approximate surface area is 170 Å². The molecule has 4 rings (SSSR count). The molecule has 1 aliphatic heterocycles. The molecule has 0 radical (unpaired) electrons. The lowest BCUT2D eigenvalue weighted by atomic mass is 9.97. The minimum Gasteiger partial charge on any atom is -0.450 e. The largest absolute Gasteiger partial charge is 0.450 e. The summed E-state index contributed by atoms with van der Waals surface area (Å²) in [6, 6.07) is 13.1. The molecule has 1 amide bonds. The molecule has 2 aromatic carbocycles. The zero-order valence-electron chi connectivity index (χ0n) is 17.4. The minimum absolute atomic E-state index is 0.112. The van der Waals surface area contributed by atoms with Gasteiger partial charge in [-0.25, -0.2) is 0 Å². The summed E-state index contributed by atoms with van der Waals surface area (Å²) >= 11 is 0. The molecule has 0 aliphatic carbocycles. The van der Waals surface area contributed by atoms with Crippen LogP contribution in [0.25, 0.3) is 11.0 Å². The van der Waals surface area contributed by atoms with Gasteiger partial charge in [0.15, 0.2) is 5.43 Å². The van der Waals surface area contributed by atoms with Crippen molar-refractivity contribution in [3.8, 4) is 0 Å². The number of hydrogen-bond acceptors (Lipinski definition) is 4. The molecule has 0 saturated carbocycles. The van der Waals surface area contributed by atoms with Crippen molar-refractivity contribution in [1.82, 2.24) is 9.80 Å². The highest BCUT2D eigenvalue weighted by Crippen LogP contribution is 2.38. The summed E-state index contributed by atoms with van der Waals surface area (Å²) in [6.45, 7) is 5.40. The van der Waals surface area contributed by atoms with Gasteiger partial charge < -0.3 is 14.2 Å². The van der Waals surface area contributed by atoms with Gasteiger partial charge in [-0.2, -0.15) is 0 Å². The second kappa shape index (κ2) is 7.48. The van der Waals surface area contributed by atoms with Crippen LogP contribution in [0, 0.1) is 13.8 Å². The van der Waals surface area contributed by atoms with E-state index in [4.69, 9.17) is 4.42 Å². The van der Waals surface area contributed by atoms with Gasteiger partial charge in [0.1, 0.15) is 5.58 Å². The first-order chi connectivity index (χ1) is 13.9. The Morgan fingerprint density at radius 1 is 1.00 bits per heavy atom. The number of carbonyl (C=O) groups excluding carboxylic acids is 1. The van der Waals surface area contributed by atoms with Crippen LogP contribution in [0.3, 0.4) is 0 Å². The smallest absolute Gasteiger partial charge is 0.290 e. The Hall–Kier alpha value is -2.92. The van der Waals surface area contributed by atoms with Crippen molar-refractivity contribution in [1.29, 1.82) is 0 Å². The number of benzene rings is 2. The zero-order chi connectivity index (χ0) is 20.7. The fourth-order valence-corrected chi connectivity index (χ4v) is 4.02. The number of carbonyl (C=O) groups is 1. The molecule has 29 heavy (non-hydrogen) atoms. The predicted octanol–water partition coefficient (Wildman–Crippen LogP) is 3.91. The van der Waals surface area contributed by atoms with Gasteiger partial charge in [0.05, 0.1) is 17.0 Å². The molecular weight excluding hydrogens is 364 g/mol. The first-order valence-electron chi connectivity index (χ1n) is 9.96. The summed E-state index contributed by atoms with van der Waals surface area (Å²) in [6.07, 6.45) is 0.821. The second-order valence-electron chi connectivity index (χ2n) is 8.14. The molecule has 0 unspecified atom stereocenters. The van der Waals surface area contributed by atoms with Gasteiger partial charge in [-0.05, 0) is 58.6 Å². The quantitative estimate of drug-likeness (QED) is 0.663. The van der Waals surface area contributed by atoms with E-state index in [0.29, 0.717) is 23.1 Å². The summed E-state index contributed by atoms with van der Waals surface area (Å²) < 4.78 is 5.98. The summed E-state index contributed by atoms with van der Waals surface area (Å²) in [7, 11) is 4.02. The van der Waals surface area contributed by atoms with Crippen LogP contribution in [-0.2, 0) is 0 Å². The summed E-state index contributed by atoms with van der Waals surface area (Å²) in [4.78, 5) is 30.6. The van der Waals surface area contributed by atoms with Crippen molar-refractivity contribution in [2.75, 3.05) is 27.2 Å². The predicted molar refractivity (Wildman–Crippen MR) is 114 cm³/mol. The lowest BCUT2D eigenvalue weighted by Gasteiger charge is -2.25.